The Bertz CT molecular complexity index is 1450. The van der Waals surface area contributed by atoms with Gasteiger partial charge in [-0.05, 0) is 66.6 Å². The van der Waals surface area contributed by atoms with E-state index in [0.29, 0.717) is 17.7 Å². The molecule has 1 aliphatic heterocycles. The van der Waals surface area contributed by atoms with E-state index >= 15 is 0 Å². The number of aromatic carboxylic acids is 1. The molecule has 1 fully saturated rings. The van der Waals surface area contributed by atoms with Gasteiger partial charge in [0.05, 0.1) is 16.6 Å². The lowest BCUT2D eigenvalue weighted by Crippen LogP contribution is -2.32. The Labute approximate surface area is 216 Å². The number of carbonyl (C=O) groups is 2. The fraction of sp³-hybridized carbons (Fsp3) is 0.300. The van der Waals surface area contributed by atoms with Crippen molar-refractivity contribution in [2.75, 3.05) is 18.4 Å². The number of hydrogen-bond acceptors (Lipinski definition) is 3. The highest BCUT2D eigenvalue weighted by Gasteiger charge is 2.20. The quantitative estimate of drug-likeness (QED) is 0.313. The van der Waals surface area contributed by atoms with Crippen LogP contribution >= 0.6 is 0 Å². The summed E-state index contributed by atoms with van der Waals surface area (Å²) in [5.74, 6) is 0.0840. The van der Waals surface area contributed by atoms with Crippen LogP contribution in [0.3, 0.4) is 0 Å². The molecule has 7 nitrogen and oxygen atoms in total. The average molecular weight is 497 g/mol. The lowest BCUT2D eigenvalue weighted by molar-refractivity contribution is 0.0697. The molecule has 0 unspecified atom stereocenters. The van der Waals surface area contributed by atoms with E-state index < -0.39 is 5.97 Å². The number of amides is 2. The van der Waals surface area contributed by atoms with E-state index in [0.717, 1.165) is 78.0 Å². The standard InChI is InChI=1S/C30H32N4O3/c1-3-8-27-32-28-20(2)17-23(31-30(37)33-15-6-7-16-33)18-26(28)34(27)19-21-11-13-22(14-12-21)24-9-4-5-10-25(24)29(35)36/h4-5,9-14,17-18H,3,6-8,15-16,19H2,1-2H3,(H,31,37)(H,35,36). The topological polar surface area (TPSA) is 87.5 Å². The zero-order chi connectivity index (χ0) is 25.9. The van der Waals surface area contributed by atoms with Crippen LogP contribution in [0.2, 0.25) is 0 Å². The average Bonchev–Trinajstić information content (AvgIpc) is 3.55. The third-order valence-corrected chi connectivity index (χ3v) is 7.00. The lowest BCUT2D eigenvalue weighted by Gasteiger charge is -2.17. The Kier molecular flexibility index (Phi) is 6.95. The van der Waals surface area contributed by atoms with E-state index in [1.54, 1.807) is 12.1 Å². The van der Waals surface area contributed by atoms with Gasteiger partial charge in [-0.15, -0.1) is 0 Å². The number of rotatable bonds is 7. The Balaban J connectivity index is 1.47. The molecule has 190 valence electrons. The first-order chi connectivity index (χ1) is 17.9. The smallest absolute Gasteiger partial charge is 0.336 e. The molecule has 5 rings (SSSR count). The predicted octanol–water partition coefficient (Wildman–Crippen LogP) is 6.34. The SMILES string of the molecule is CCCc1nc2c(C)cc(NC(=O)N3CCCC3)cc2n1Cc1ccc(-c2ccccc2C(=O)O)cc1. The van der Waals surface area contributed by atoms with Crippen molar-refractivity contribution >= 4 is 28.7 Å². The number of carboxylic acids is 1. The Morgan fingerprint density at radius 1 is 1.03 bits per heavy atom. The molecule has 0 saturated carbocycles. The number of nitrogens with zero attached hydrogens (tertiary/aromatic N) is 3. The van der Waals surface area contributed by atoms with Crippen molar-refractivity contribution in [3.8, 4) is 11.1 Å². The van der Waals surface area contributed by atoms with E-state index in [-0.39, 0.29) is 6.03 Å². The van der Waals surface area contributed by atoms with E-state index in [4.69, 9.17) is 4.98 Å². The third kappa shape index (κ3) is 5.07. The largest absolute Gasteiger partial charge is 0.478 e. The second-order valence-corrected chi connectivity index (χ2v) is 9.70. The van der Waals surface area contributed by atoms with Gasteiger partial charge in [-0.25, -0.2) is 14.6 Å². The molecule has 1 aliphatic rings. The van der Waals surface area contributed by atoms with Gasteiger partial charge in [-0.3, -0.25) is 0 Å². The van der Waals surface area contributed by atoms with Gasteiger partial charge in [0.25, 0.3) is 0 Å². The monoisotopic (exact) mass is 496 g/mol. The summed E-state index contributed by atoms with van der Waals surface area (Å²) in [4.78, 5) is 31.2. The summed E-state index contributed by atoms with van der Waals surface area (Å²) in [5.41, 5.74) is 6.73. The van der Waals surface area contributed by atoms with Crippen molar-refractivity contribution in [1.29, 1.82) is 0 Å². The normalized spacial score (nSPS) is 13.3. The third-order valence-electron chi connectivity index (χ3n) is 7.00. The van der Waals surface area contributed by atoms with Crippen LogP contribution in [0.25, 0.3) is 22.2 Å². The van der Waals surface area contributed by atoms with Gasteiger partial charge >= 0.3 is 12.0 Å². The molecule has 7 heteroatoms. The first kappa shape index (κ1) is 24.6. The fourth-order valence-corrected chi connectivity index (χ4v) is 5.12. The highest BCUT2D eigenvalue weighted by molar-refractivity contribution is 5.96. The number of fused-ring (bicyclic) bond motifs is 1. The number of carboxylic acid groups (broad SMARTS) is 1. The van der Waals surface area contributed by atoms with Gasteiger partial charge in [0.1, 0.15) is 5.82 Å². The van der Waals surface area contributed by atoms with Gasteiger partial charge in [-0.2, -0.15) is 0 Å². The molecule has 0 bridgehead atoms. The van der Waals surface area contributed by atoms with E-state index in [1.165, 1.54) is 0 Å². The molecule has 3 aromatic carbocycles. The molecule has 4 aromatic rings. The number of urea groups is 1. The molecular weight excluding hydrogens is 464 g/mol. The fourth-order valence-electron chi connectivity index (χ4n) is 5.12. The maximum absolute atomic E-state index is 12.7. The molecule has 2 N–H and O–H groups in total. The minimum Gasteiger partial charge on any atom is -0.478 e. The van der Waals surface area contributed by atoms with Crippen LogP contribution in [-0.4, -0.2) is 44.6 Å². The molecule has 0 aliphatic carbocycles. The van der Waals surface area contributed by atoms with Crippen molar-refractivity contribution in [2.45, 2.75) is 46.1 Å². The summed E-state index contributed by atoms with van der Waals surface area (Å²) in [6.45, 7) is 6.43. The minimum atomic E-state index is -0.934. The van der Waals surface area contributed by atoms with Gasteiger partial charge in [-0.1, -0.05) is 49.4 Å². The molecule has 1 saturated heterocycles. The number of aryl methyl sites for hydroxylation is 2. The maximum atomic E-state index is 12.7. The van der Waals surface area contributed by atoms with Crippen molar-refractivity contribution < 1.29 is 14.7 Å². The Morgan fingerprint density at radius 2 is 1.76 bits per heavy atom. The number of nitrogens with one attached hydrogen (secondary N) is 1. The minimum absolute atomic E-state index is 0.0478. The molecule has 0 radical (unpaired) electrons. The highest BCUT2D eigenvalue weighted by Crippen LogP contribution is 2.28. The van der Waals surface area contributed by atoms with E-state index in [2.05, 4.69) is 16.8 Å². The number of imidazole rings is 1. The molecule has 0 spiro atoms. The van der Waals surface area contributed by atoms with Gasteiger partial charge < -0.3 is 19.9 Å². The second kappa shape index (κ2) is 10.5. The van der Waals surface area contributed by atoms with Crippen LogP contribution in [0.5, 0.6) is 0 Å². The number of likely N-dealkylation sites (tertiary alicyclic amines) is 1. The number of aromatic nitrogens is 2. The summed E-state index contributed by atoms with van der Waals surface area (Å²) in [6.07, 6.45) is 3.94. The van der Waals surface area contributed by atoms with Crippen LogP contribution in [-0.2, 0) is 13.0 Å². The Hall–Kier alpha value is -4.13. The summed E-state index contributed by atoms with van der Waals surface area (Å²) in [6, 6.07) is 19.1. The number of benzene rings is 3. The van der Waals surface area contributed by atoms with Crippen molar-refractivity contribution in [2.24, 2.45) is 0 Å². The zero-order valence-corrected chi connectivity index (χ0v) is 21.3. The van der Waals surface area contributed by atoms with Crippen LogP contribution < -0.4 is 5.32 Å². The van der Waals surface area contributed by atoms with E-state index in [9.17, 15) is 14.7 Å². The van der Waals surface area contributed by atoms with Gasteiger partial charge in [0, 0.05) is 31.7 Å². The maximum Gasteiger partial charge on any atom is 0.336 e. The van der Waals surface area contributed by atoms with Gasteiger partial charge in [0.2, 0.25) is 0 Å². The second-order valence-electron chi connectivity index (χ2n) is 9.70. The summed E-state index contributed by atoms with van der Waals surface area (Å²) in [7, 11) is 0. The van der Waals surface area contributed by atoms with Crippen molar-refractivity contribution in [3.05, 3.63) is 83.2 Å². The molecule has 0 atom stereocenters. The molecular formula is C30H32N4O3. The predicted molar refractivity (Wildman–Crippen MR) is 146 cm³/mol. The van der Waals surface area contributed by atoms with Crippen LogP contribution in [0, 0.1) is 6.92 Å². The first-order valence-electron chi connectivity index (χ1n) is 12.9. The zero-order valence-electron chi connectivity index (χ0n) is 21.3. The number of carbonyl (C=O) groups excluding carboxylic acids is 1. The lowest BCUT2D eigenvalue weighted by atomic mass is 9.99. The first-order valence-corrected chi connectivity index (χ1v) is 12.9. The van der Waals surface area contributed by atoms with Crippen molar-refractivity contribution in [1.82, 2.24) is 14.5 Å². The van der Waals surface area contributed by atoms with Crippen LogP contribution in [0.4, 0.5) is 10.5 Å². The Morgan fingerprint density at radius 3 is 2.46 bits per heavy atom. The van der Waals surface area contributed by atoms with Crippen LogP contribution in [0.1, 0.15) is 53.5 Å². The summed E-state index contributed by atoms with van der Waals surface area (Å²) >= 11 is 0. The van der Waals surface area contributed by atoms with Crippen molar-refractivity contribution in [3.63, 3.8) is 0 Å². The molecule has 37 heavy (non-hydrogen) atoms. The molecule has 2 heterocycles. The van der Waals surface area contributed by atoms with Crippen LogP contribution in [0.15, 0.2) is 60.7 Å². The van der Waals surface area contributed by atoms with Gasteiger partial charge in [0.15, 0.2) is 0 Å². The van der Waals surface area contributed by atoms with E-state index in [1.807, 2.05) is 60.4 Å². The number of hydrogen-bond donors (Lipinski definition) is 2. The highest BCUT2D eigenvalue weighted by atomic mass is 16.4. The summed E-state index contributed by atoms with van der Waals surface area (Å²) in [5, 5.41) is 12.6. The molecule has 2 amide bonds. The summed E-state index contributed by atoms with van der Waals surface area (Å²) < 4.78 is 2.23. The molecule has 1 aromatic heterocycles. The number of anilines is 1.